The van der Waals surface area contributed by atoms with Crippen LogP contribution in [-0.2, 0) is 4.79 Å². The molecule has 0 bridgehead atoms. The summed E-state index contributed by atoms with van der Waals surface area (Å²) in [6.45, 7) is 6.98. The highest BCUT2D eigenvalue weighted by Crippen LogP contribution is 2.17. The van der Waals surface area contributed by atoms with Gasteiger partial charge in [-0.1, -0.05) is 0 Å². The van der Waals surface area contributed by atoms with Gasteiger partial charge < -0.3 is 20.2 Å². The Kier molecular flexibility index (Phi) is 6.78. The first-order chi connectivity index (χ1) is 9.41. The first-order valence-electron chi connectivity index (χ1n) is 7.37. The molecule has 1 saturated heterocycles. The zero-order valence-corrected chi connectivity index (χ0v) is 12.8. The Balaban J connectivity index is 2.16. The smallest absolute Gasteiger partial charge is 0.317 e. The second kappa shape index (κ2) is 8.09. The SMILES string of the molecule is CC(C)N(C)CCCNC(=O)N1CCC(C(=O)O)CC1. The normalized spacial score (nSPS) is 16.8. The van der Waals surface area contributed by atoms with Gasteiger partial charge in [0, 0.05) is 25.7 Å². The Hall–Kier alpha value is -1.30. The number of amides is 2. The summed E-state index contributed by atoms with van der Waals surface area (Å²) >= 11 is 0. The molecule has 0 aromatic rings. The highest BCUT2D eigenvalue weighted by molar-refractivity contribution is 5.75. The van der Waals surface area contributed by atoms with E-state index in [4.69, 9.17) is 5.11 Å². The number of urea groups is 1. The summed E-state index contributed by atoms with van der Waals surface area (Å²) in [7, 11) is 2.07. The van der Waals surface area contributed by atoms with E-state index in [0.29, 0.717) is 38.5 Å². The van der Waals surface area contributed by atoms with Crippen LogP contribution >= 0.6 is 0 Å². The number of hydrogen-bond donors (Lipinski definition) is 2. The van der Waals surface area contributed by atoms with Crippen molar-refractivity contribution < 1.29 is 14.7 Å². The van der Waals surface area contributed by atoms with E-state index in [-0.39, 0.29) is 11.9 Å². The Bertz CT molecular complexity index is 326. The van der Waals surface area contributed by atoms with E-state index in [0.717, 1.165) is 13.0 Å². The van der Waals surface area contributed by atoms with Crippen LogP contribution < -0.4 is 5.32 Å². The largest absolute Gasteiger partial charge is 0.481 e. The number of piperidine rings is 1. The third-order valence-corrected chi connectivity index (χ3v) is 3.98. The Morgan fingerprint density at radius 2 is 1.95 bits per heavy atom. The molecule has 0 aromatic carbocycles. The van der Waals surface area contributed by atoms with Crippen LogP contribution in [0.1, 0.15) is 33.1 Å². The second-order valence-electron chi connectivity index (χ2n) is 5.76. The number of rotatable bonds is 6. The number of likely N-dealkylation sites (tertiary alicyclic amines) is 1. The van der Waals surface area contributed by atoms with E-state index in [9.17, 15) is 9.59 Å². The molecule has 1 rings (SSSR count). The molecule has 0 unspecified atom stereocenters. The van der Waals surface area contributed by atoms with Gasteiger partial charge in [-0.2, -0.15) is 0 Å². The maximum absolute atomic E-state index is 11.9. The molecule has 0 atom stereocenters. The lowest BCUT2D eigenvalue weighted by atomic mass is 9.97. The lowest BCUT2D eigenvalue weighted by molar-refractivity contribution is -0.143. The fourth-order valence-electron chi connectivity index (χ4n) is 2.22. The van der Waals surface area contributed by atoms with Gasteiger partial charge >= 0.3 is 12.0 Å². The van der Waals surface area contributed by atoms with Gasteiger partial charge in [-0.25, -0.2) is 4.79 Å². The topological polar surface area (TPSA) is 72.9 Å². The highest BCUT2D eigenvalue weighted by atomic mass is 16.4. The molecule has 6 nitrogen and oxygen atoms in total. The molecule has 1 aliphatic heterocycles. The first-order valence-corrected chi connectivity index (χ1v) is 7.37. The van der Waals surface area contributed by atoms with Crippen molar-refractivity contribution in [1.29, 1.82) is 0 Å². The van der Waals surface area contributed by atoms with Crippen molar-refractivity contribution in [3.8, 4) is 0 Å². The molecule has 2 N–H and O–H groups in total. The number of carbonyl (C=O) groups excluding carboxylic acids is 1. The highest BCUT2D eigenvalue weighted by Gasteiger charge is 2.26. The average molecular weight is 285 g/mol. The van der Waals surface area contributed by atoms with Gasteiger partial charge in [-0.05, 0) is 46.7 Å². The molecule has 116 valence electrons. The summed E-state index contributed by atoms with van der Waals surface area (Å²) < 4.78 is 0. The van der Waals surface area contributed by atoms with E-state index in [1.807, 2.05) is 0 Å². The summed E-state index contributed by atoms with van der Waals surface area (Å²) in [4.78, 5) is 26.7. The average Bonchev–Trinajstić information content (AvgIpc) is 2.43. The number of nitrogens with one attached hydrogen (secondary N) is 1. The van der Waals surface area contributed by atoms with Crippen molar-refractivity contribution in [2.45, 2.75) is 39.2 Å². The van der Waals surface area contributed by atoms with E-state index in [2.05, 4.69) is 31.1 Å². The number of aliphatic carboxylic acids is 1. The summed E-state index contributed by atoms with van der Waals surface area (Å²) in [5.74, 6) is -1.04. The molecule has 1 fully saturated rings. The van der Waals surface area contributed by atoms with Gasteiger partial charge in [-0.15, -0.1) is 0 Å². The van der Waals surface area contributed by atoms with Crippen LogP contribution in [0.3, 0.4) is 0 Å². The molecule has 0 saturated carbocycles. The molecule has 0 spiro atoms. The van der Waals surface area contributed by atoms with Gasteiger partial charge in [0.15, 0.2) is 0 Å². The van der Waals surface area contributed by atoms with E-state index >= 15 is 0 Å². The van der Waals surface area contributed by atoms with E-state index in [1.54, 1.807) is 4.90 Å². The lowest BCUT2D eigenvalue weighted by Crippen LogP contribution is -2.46. The minimum Gasteiger partial charge on any atom is -0.481 e. The lowest BCUT2D eigenvalue weighted by Gasteiger charge is -2.30. The molecule has 0 radical (unpaired) electrons. The molecule has 2 amide bonds. The number of nitrogens with zero attached hydrogens (tertiary/aromatic N) is 2. The zero-order valence-electron chi connectivity index (χ0n) is 12.8. The van der Waals surface area contributed by atoms with Crippen LogP contribution in [0, 0.1) is 5.92 Å². The predicted molar refractivity (Wildman–Crippen MR) is 77.7 cm³/mol. The van der Waals surface area contributed by atoms with Crippen molar-refractivity contribution in [2.75, 3.05) is 33.2 Å². The molecular weight excluding hydrogens is 258 g/mol. The summed E-state index contributed by atoms with van der Waals surface area (Å²) in [6, 6.07) is 0.446. The molecule has 1 aliphatic rings. The van der Waals surface area contributed by atoms with Gasteiger partial charge in [0.25, 0.3) is 0 Å². The van der Waals surface area contributed by atoms with Crippen LogP contribution in [0.25, 0.3) is 0 Å². The van der Waals surface area contributed by atoms with Crippen molar-refractivity contribution in [1.82, 2.24) is 15.1 Å². The second-order valence-corrected chi connectivity index (χ2v) is 5.76. The zero-order chi connectivity index (χ0) is 15.1. The van der Waals surface area contributed by atoms with Crippen LogP contribution in [0.15, 0.2) is 0 Å². The summed E-state index contributed by atoms with van der Waals surface area (Å²) in [6.07, 6.45) is 2.03. The number of carbonyl (C=O) groups is 2. The first kappa shape index (κ1) is 16.8. The molecular formula is C14H27N3O3. The van der Waals surface area contributed by atoms with Crippen molar-refractivity contribution in [2.24, 2.45) is 5.92 Å². The number of hydrogen-bond acceptors (Lipinski definition) is 3. The van der Waals surface area contributed by atoms with Crippen molar-refractivity contribution >= 4 is 12.0 Å². The van der Waals surface area contributed by atoms with Crippen molar-refractivity contribution in [3.05, 3.63) is 0 Å². The third kappa shape index (κ3) is 5.36. The Labute approximate surface area is 121 Å². The summed E-state index contributed by atoms with van der Waals surface area (Å²) in [5.41, 5.74) is 0. The maximum Gasteiger partial charge on any atom is 0.317 e. The fraction of sp³-hybridized carbons (Fsp3) is 0.857. The molecule has 20 heavy (non-hydrogen) atoms. The van der Waals surface area contributed by atoms with Crippen LogP contribution in [0.2, 0.25) is 0 Å². The molecule has 6 heteroatoms. The van der Waals surface area contributed by atoms with Gasteiger partial charge in [0.05, 0.1) is 5.92 Å². The van der Waals surface area contributed by atoms with E-state index < -0.39 is 5.97 Å². The minimum absolute atomic E-state index is 0.0685. The van der Waals surface area contributed by atoms with Gasteiger partial charge in [0.1, 0.15) is 0 Å². The quantitative estimate of drug-likeness (QED) is 0.720. The Morgan fingerprint density at radius 1 is 1.35 bits per heavy atom. The van der Waals surface area contributed by atoms with Crippen LogP contribution in [0.4, 0.5) is 4.79 Å². The Morgan fingerprint density at radius 3 is 2.45 bits per heavy atom. The fourth-order valence-corrected chi connectivity index (χ4v) is 2.22. The number of carboxylic acids is 1. The van der Waals surface area contributed by atoms with Gasteiger partial charge in [-0.3, -0.25) is 4.79 Å². The standard InChI is InChI=1S/C14H27N3O3/c1-11(2)16(3)8-4-7-15-14(20)17-9-5-12(6-10-17)13(18)19/h11-12H,4-10H2,1-3H3,(H,15,20)(H,18,19). The van der Waals surface area contributed by atoms with Crippen molar-refractivity contribution in [3.63, 3.8) is 0 Å². The minimum atomic E-state index is -0.748. The van der Waals surface area contributed by atoms with E-state index in [1.165, 1.54) is 0 Å². The number of carboxylic acid groups (broad SMARTS) is 1. The maximum atomic E-state index is 11.9. The summed E-state index contributed by atoms with van der Waals surface area (Å²) in [5, 5.41) is 11.8. The molecule has 0 aromatic heterocycles. The predicted octanol–water partition coefficient (Wildman–Crippen LogP) is 1.22. The van der Waals surface area contributed by atoms with Gasteiger partial charge in [0.2, 0.25) is 0 Å². The molecule has 0 aliphatic carbocycles. The van der Waals surface area contributed by atoms with Crippen LogP contribution in [-0.4, -0.2) is 66.2 Å². The van der Waals surface area contributed by atoms with Crippen LogP contribution in [0.5, 0.6) is 0 Å². The third-order valence-electron chi connectivity index (χ3n) is 3.98. The monoisotopic (exact) mass is 285 g/mol. The molecule has 1 heterocycles.